The Balaban J connectivity index is 2.25. The Bertz CT molecular complexity index is 764. The maximum Gasteiger partial charge on any atom is 0.337 e. The highest BCUT2D eigenvalue weighted by atomic mass is 16.5. The van der Waals surface area contributed by atoms with Crippen LogP contribution in [0.3, 0.4) is 0 Å². The van der Waals surface area contributed by atoms with Gasteiger partial charge in [0, 0.05) is 5.56 Å². The Morgan fingerprint density at radius 2 is 1.78 bits per heavy atom. The molecule has 0 aliphatic carbocycles. The second-order valence-corrected chi connectivity index (χ2v) is 5.01. The van der Waals surface area contributed by atoms with Gasteiger partial charge in [0.15, 0.2) is 0 Å². The van der Waals surface area contributed by atoms with Gasteiger partial charge in [0.05, 0.1) is 30.3 Å². The van der Waals surface area contributed by atoms with Crippen molar-refractivity contribution < 1.29 is 14.3 Å². The highest BCUT2D eigenvalue weighted by Gasteiger charge is 2.15. The molecule has 0 saturated carbocycles. The van der Waals surface area contributed by atoms with Gasteiger partial charge >= 0.3 is 5.97 Å². The van der Waals surface area contributed by atoms with E-state index in [1.54, 1.807) is 0 Å². The average Bonchev–Trinajstić information content (AvgIpc) is 2.61. The predicted octanol–water partition coefficient (Wildman–Crippen LogP) is 2.84. The van der Waals surface area contributed by atoms with E-state index in [2.05, 4.69) is 10.1 Å². The van der Waals surface area contributed by atoms with Crippen LogP contribution in [0, 0.1) is 11.3 Å². The zero-order valence-electron chi connectivity index (χ0n) is 12.9. The number of ether oxygens (including phenoxy) is 1. The molecule has 2 aromatic carbocycles. The van der Waals surface area contributed by atoms with Gasteiger partial charge in [0.1, 0.15) is 0 Å². The maximum absolute atomic E-state index is 12.4. The first-order valence-electron chi connectivity index (χ1n) is 7.04. The number of hydrogen-bond acceptors (Lipinski definition) is 4. The summed E-state index contributed by atoms with van der Waals surface area (Å²) in [6, 6.07) is 15.5. The normalized spacial score (nSPS) is 11.2. The first-order chi connectivity index (χ1) is 11.0. The van der Waals surface area contributed by atoms with Crippen LogP contribution in [0.1, 0.15) is 44.8 Å². The Morgan fingerprint density at radius 3 is 2.39 bits per heavy atom. The number of nitrogens with one attached hydrogen (secondary N) is 1. The van der Waals surface area contributed by atoms with Gasteiger partial charge in [0.2, 0.25) is 0 Å². The summed E-state index contributed by atoms with van der Waals surface area (Å²) in [5, 5.41) is 11.9. The Hall–Kier alpha value is -3.13. The number of carbonyl (C=O) groups excluding carboxylic acids is 2. The van der Waals surface area contributed by atoms with E-state index in [-0.39, 0.29) is 28.6 Å². The lowest BCUT2D eigenvalue weighted by Crippen LogP contribution is -2.27. The molecule has 2 rings (SSSR count). The first-order valence-corrected chi connectivity index (χ1v) is 7.04. The Labute approximate surface area is 134 Å². The third-order valence-corrected chi connectivity index (χ3v) is 3.39. The first kappa shape index (κ1) is 16.2. The fraction of sp³-hybridized carbons (Fsp3) is 0.167. The van der Waals surface area contributed by atoms with Crippen LogP contribution in [0.15, 0.2) is 48.5 Å². The van der Waals surface area contributed by atoms with Crippen molar-refractivity contribution >= 4 is 11.9 Å². The summed E-state index contributed by atoms with van der Waals surface area (Å²) in [5.41, 5.74) is 1.60. The van der Waals surface area contributed by atoms with E-state index in [0.717, 1.165) is 5.56 Å². The molecule has 0 aliphatic rings. The minimum atomic E-state index is -0.591. The van der Waals surface area contributed by atoms with Gasteiger partial charge in [-0.3, -0.25) is 4.79 Å². The van der Waals surface area contributed by atoms with Crippen LogP contribution in [0.25, 0.3) is 0 Å². The van der Waals surface area contributed by atoms with Crippen molar-refractivity contribution in [3.8, 4) is 6.07 Å². The number of methoxy groups -OCH3 is 1. The number of nitrogens with zero attached hydrogens (tertiary/aromatic N) is 1. The predicted molar refractivity (Wildman–Crippen MR) is 84.8 cm³/mol. The minimum absolute atomic E-state index is 0.170. The molecule has 1 amide bonds. The molecule has 0 heterocycles. The van der Waals surface area contributed by atoms with Gasteiger partial charge in [-0.05, 0) is 30.7 Å². The summed E-state index contributed by atoms with van der Waals surface area (Å²) in [6.07, 6.45) is 0. The molecule has 0 spiro atoms. The molecule has 23 heavy (non-hydrogen) atoms. The van der Waals surface area contributed by atoms with E-state index in [1.807, 2.05) is 43.3 Å². The van der Waals surface area contributed by atoms with Crippen molar-refractivity contribution in [2.45, 2.75) is 13.0 Å². The molecular weight excluding hydrogens is 292 g/mol. The van der Waals surface area contributed by atoms with Gasteiger partial charge in [-0.25, -0.2) is 4.79 Å². The molecule has 0 unspecified atom stereocenters. The second-order valence-electron chi connectivity index (χ2n) is 5.01. The average molecular weight is 308 g/mol. The summed E-state index contributed by atoms with van der Waals surface area (Å²) in [4.78, 5) is 24.0. The van der Waals surface area contributed by atoms with Crippen LogP contribution in [0.4, 0.5) is 0 Å². The monoisotopic (exact) mass is 308 g/mol. The van der Waals surface area contributed by atoms with Crippen molar-refractivity contribution in [2.75, 3.05) is 7.11 Å². The number of carbonyl (C=O) groups is 2. The fourth-order valence-corrected chi connectivity index (χ4v) is 2.16. The van der Waals surface area contributed by atoms with E-state index >= 15 is 0 Å². The molecule has 5 heteroatoms. The molecule has 0 saturated heterocycles. The molecule has 0 aromatic heterocycles. The maximum atomic E-state index is 12.4. The Morgan fingerprint density at radius 1 is 1.13 bits per heavy atom. The van der Waals surface area contributed by atoms with Crippen molar-refractivity contribution in [2.24, 2.45) is 0 Å². The summed E-state index contributed by atoms with van der Waals surface area (Å²) in [7, 11) is 1.25. The minimum Gasteiger partial charge on any atom is -0.465 e. The number of esters is 1. The fourth-order valence-electron chi connectivity index (χ4n) is 2.16. The summed E-state index contributed by atoms with van der Waals surface area (Å²) >= 11 is 0. The van der Waals surface area contributed by atoms with E-state index in [4.69, 9.17) is 5.26 Å². The molecular formula is C18H16N2O3. The number of nitriles is 1. The van der Waals surface area contributed by atoms with E-state index in [0.29, 0.717) is 0 Å². The third-order valence-electron chi connectivity index (χ3n) is 3.39. The van der Waals surface area contributed by atoms with Gasteiger partial charge in [0.25, 0.3) is 5.91 Å². The molecule has 116 valence electrons. The zero-order chi connectivity index (χ0) is 16.8. The molecule has 0 radical (unpaired) electrons. The number of amides is 1. The van der Waals surface area contributed by atoms with Crippen LogP contribution in [0.5, 0.6) is 0 Å². The second kappa shape index (κ2) is 7.23. The van der Waals surface area contributed by atoms with E-state index in [9.17, 15) is 9.59 Å². The molecule has 5 nitrogen and oxygen atoms in total. The number of hydrogen-bond donors (Lipinski definition) is 1. The molecule has 2 aromatic rings. The van der Waals surface area contributed by atoms with Gasteiger partial charge in [-0.15, -0.1) is 0 Å². The number of rotatable bonds is 4. The third kappa shape index (κ3) is 3.95. The van der Waals surface area contributed by atoms with Crippen molar-refractivity contribution in [3.05, 3.63) is 70.8 Å². The van der Waals surface area contributed by atoms with Gasteiger partial charge < -0.3 is 10.1 Å². The lowest BCUT2D eigenvalue weighted by Gasteiger charge is -2.14. The lowest BCUT2D eigenvalue weighted by molar-refractivity contribution is 0.0600. The van der Waals surface area contributed by atoms with Crippen molar-refractivity contribution in [1.82, 2.24) is 5.32 Å². The van der Waals surface area contributed by atoms with Gasteiger partial charge in [-0.2, -0.15) is 5.26 Å². The lowest BCUT2D eigenvalue weighted by atomic mass is 10.0. The summed E-state index contributed by atoms with van der Waals surface area (Å²) in [6.45, 7) is 1.86. The standard InChI is InChI=1S/C18H16N2O3/c1-12(14-6-4-3-5-7-14)20-17(21)15-8-13(11-19)9-16(10-15)18(22)23-2/h3-10,12H,1-2H3,(H,20,21)/t12-/m1/s1. The van der Waals surface area contributed by atoms with Crippen LogP contribution >= 0.6 is 0 Å². The Kier molecular flexibility index (Phi) is 5.11. The molecule has 1 N–H and O–H groups in total. The quantitative estimate of drug-likeness (QED) is 0.881. The van der Waals surface area contributed by atoms with Crippen molar-refractivity contribution in [1.29, 1.82) is 5.26 Å². The van der Waals surface area contributed by atoms with Crippen LogP contribution in [-0.2, 0) is 4.74 Å². The van der Waals surface area contributed by atoms with E-state index < -0.39 is 5.97 Å². The summed E-state index contributed by atoms with van der Waals surface area (Å²) in [5.74, 6) is -0.948. The highest BCUT2D eigenvalue weighted by molar-refractivity contribution is 5.98. The van der Waals surface area contributed by atoms with Crippen molar-refractivity contribution in [3.63, 3.8) is 0 Å². The van der Waals surface area contributed by atoms with E-state index in [1.165, 1.54) is 25.3 Å². The SMILES string of the molecule is COC(=O)c1cc(C#N)cc(C(=O)N[C@H](C)c2ccccc2)c1. The largest absolute Gasteiger partial charge is 0.465 e. The highest BCUT2D eigenvalue weighted by Crippen LogP contribution is 2.15. The van der Waals surface area contributed by atoms with Gasteiger partial charge in [-0.1, -0.05) is 30.3 Å². The summed E-state index contributed by atoms with van der Waals surface area (Å²) < 4.78 is 4.64. The molecule has 0 aliphatic heterocycles. The molecule has 0 fully saturated rings. The molecule has 1 atom stereocenters. The number of benzene rings is 2. The molecule has 0 bridgehead atoms. The van der Waals surface area contributed by atoms with Crippen LogP contribution in [-0.4, -0.2) is 19.0 Å². The zero-order valence-corrected chi connectivity index (χ0v) is 12.9. The smallest absolute Gasteiger partial charge is 0.337 e. The van der Waals surface area contributed by atoms with Crippen LogP contribution < -0.4 is 5.32 Å². The van der Waals surface area contributed by atoms with Crippen LogP contribution in [0.2, 0.25) is 0 Å². The topological polar surface area (TPSA) is 79.2 Å².